The fraction of sp³-hybridized carbons (Fsp3) is 0.222. The Morgan fingerprint density at radius 3 is 2.35 bits per heavy atom. The van der Waals surface area contributed by atoms with E-state index in [0.29, 0.717) is 5.56 Å². The van der Waals surface area contributed by atoms with Crippen molar-refractivity contribution in [2.24, 2.45) is 0 Å². The summed E-state index contributed by atoms with van der Waals surface area (Å²) in [4.78, 5) is 23.9. The molecule has 0 aliphatic heterocycles. The van der Waals surface area contributed by atoms with E-state index in [9.17, 15) is 9.59 Å². The summed E-state index contributed by atoms with van der Waals surface area (Å²) in [6.45, 7) is 3.88. The third kappa shape index (κ3) is 5.14. The minimum Gasteiger partial charge on any atom is -0.272 e. The van der Waals surface area contributed by atoms with Crippen LogP contribution in [0.25, 0.3) is 0 Å². The molecule has 1 atom stereocenters. The molecule has 0 aliphatic carbocycles. The number of amides is 2. The lowest BCUT2D eigenvalue weighted by molar-refractivity contribution is -0.121. The van der Waals surface area contributed by atoms with Crippen molar-refractivity contribution in [3.8, 4) is 0 Å². The Labute approximate surface area is 140 Å². The number of hydrogen-bond acceptors (Lipinski definition) is 3. The van der Waals surface area contributed by atoms with E-state index in [1.807, 2.05) is 25.1 Å². The highest BCUT2D eigenvalue weighted by molar-refractivity contribution is 7.99. The zero-order valence-corrected chi connectivity index (χ0v) is 14.0. The quantitative estimate of drug-likeness (QED) is 0.829. The molecule has 0 saturated carbocycles. The molecule has 4 nitrogen and oxygen atoms in total. The first-order chi connectivity index (χ1) is 11.1. The number of carbonyl (C=O) groups excluding carboxylic acids is 2. The van der Waals surface area contributed by atoms with Crippen LogP contribution < -0.4 is 10.9 Å². The van der Waals surface area contributed by atoms with E-state index in [-0.39, 0.29) is 17.1 Å². The Balaban J connectivity index is 1.79. The van der Waals surface area contributed by atoms with Gasteiger partial charge in [0.2, 0.25) is 0 Å². The number of hydrogen-bond donors (Lipinski definition) is 2. The number of benzene rings is 2. The Morgan fingerprint density at radius 2 is 1.65 bits per heavy atom. The topological polar surface area (TPSA) is 58.2 Å². The van der Waals surface area contributed by atoms with Crippen molar-refractivity contribution in [2.75, 3.05) is 0 Å². The standard InChI is InChI=1S/C18H20N2O2S/c1-13-8-6-7-11-16(13)12-23-14(2)17(21)19-20-18(22)15-9-4-3-5-10-15/h3-11,14H,12H2,1-2H3,(H,19,21)(H,20,22)/t14-/m1/s1. The Bertz CT molecular complexity index is 674. The molecule has 0 aromatic heterocycles. The second-order valence-electron chi connectivity index (χ2n) is 5.19. The zero-order valence-electron chi connectivity index (χ0n) is 13.2. The fourth-order valence-electron chi connectivity index (χ4n) is 1.94. The maximum atomic E-state index is 12.0. The average molecular weight is 328 g/mol. The fourth-order valence-corrected chi connectivity index (χ4v) is 2.91. The molecule has 2 N–H and O–H groups in total. The summed E-state index contributed by atoms with van der Waals surface area (Å²) in [5.41, 5.74) is 7.84. The normalized spacial score (nSPS) is 11.6. The van der Waals surface area contributed by atoms with Crippen molar-refractivity contribution in [2.45, 2.75) is 24.9 Å². The Morgan fingerprint density at radius 1 is 1.00 bits per heavy atom. The lowest BCUT2D eigenvalue weighted by Crippen LogP contribution is -2.44. The van der Waals surface area contributed by atoms with Crippen molar-refractivity contribution in [3.63, 3.8) is 0 Å². The van der Waals surface area contributed by atoms with Gasteiger partial charge in [0.1, 0.15) is 0 Å². The largest absolute Gasteiger partial charge is 0.272 e. The summed E-state index contributed by atoms with van der Waals surface area (Å²) in [6.07, 6.45) is 0. The van der Waals surface area contributed by atoms with Crippen LogP contribution in [0, 0.1) is 6.92 Å². The first-order valence-corrected chi connectivity index (χ1v) is 8.44. The Hall–Kier alpha value is -2.27. The van der Waals surface area contributed by atoms with Crippen LogP contribution in [0.5, 0.6) is 0 Å². The minimum atomic E-state index is -0.324. The van der Waals surface area contributed by atoms with Crippen LogP contribution in [0.2, 0.25) is 0 Å². The molecule has 2 amide bonds. The van der Waals surface area contributed by atoms with Crippen LogP contribution in [0.1, 0.15) is 28.4 Å². The van der Waals surface area contributed by atoms with Gasteiger partial charge in [-0.05, 0) is 37.1 Å². The molecule has 23 heavy (non-hydrogen) atoms. The molecular weight excluding hydrogens is 308 g/mol. The van der Waals surface area contributed by atoms with Crippen LogP contribution >= 0.6 is 11.8 Å². The van der Waals surface area contributed by atoms with E-state index in [1.165, 1.54) is 22.9 Å². The molecule has 0 radical (unpaired) electrons. The van der Waals surface area contributed by atoms with Crippen LogP contribution in [0.15, 0.2) is 54.6 Å². The molecule has 0 aliphatic rings. The molecule has 2 aromatic rings. The van der Waals surface area contributed by atoms with Crippen LogP contribution in [0.3, 0.4) is 0 Å². The van der Waals surface area contributed by atoms with Crippen LogP contribution in [-0.4, -0.2) is 17.1 Å². The van der Waals surface area contributed by atoms with Gasteiger partial charge in [-0.15, -0.1) is 11.8 Å². The predicted octanol–water partition coefficient (Wildman–Crippen LogP) is 3.08. The zero-order chi connectivity index (χ0) is 16.7. The predicted molar refractivity (Wildman–Crippen MR) is 94.0 cm³/mol. The monoisotopic (exact) mass is 328 g/mol. The van der Waals surface area contributed by atoms with Crippen molar-refractivity contribution in [3.05, 3.63) is 71.3 Å². The number of thioether (sulfide) groups is 1. The molecule has 5 heteroatoms. The third-order valence-electron chi connectivity index (χ3n) is 3.45. The van der Waals surface area contributed by atoms with Gasteiger partial charge >= 0.3 is 0 Å². The van der Waals surface area contributed by atoms with Gasteiger partial charge in [0.15, 0.2) is 0 Å². The summed E-state index contributed by atoms with van der Waals surface area (Å²) < 4.78 is 0. The number of nitrogens with one attached hydrogen (secondary N) is 2. The highest BCUT2D eigenvalue weighted by Crippen LogP contribution is 2.20. The number of aryl methyl sites for hydroxylation is 1. The van der Waals surface area contributed by atoms with Gasteiger partial charge in [0.05, 0.1) is 5.25 Å². The van der Waals surface area contributed by atoms with Crippen molar-refractivity contribution < 1.29 is 9.59 Å². The first kappa shape index (κ1) is 17.1. The SMILES string of the molecule is Cc1ccccc1CS[C@H](C)C(=O)NNC(=O)c1ccccc1. The summed E-state index contributed by atoms with van der Waals surface area (Å²) in [6, 6.07) is 16.9. The number of carbonyl (C=O) groups is 2. The first-order valence-electron chi connectivity index (χ1n) is 7.39. The molecule has 0 spiro atoms. The number of hydrazine groups is 1. The molecular formula is C18H20N2O2S. The molecule has 0 unspecified atom stereocenters. The van der Waals surface area contributed by atoms with Crippen LogP contribution in [-0.2, 0) is 10.5 Å². The highest BCUT2D eigenvalue weighted by atomic mass is 32.2. The van der Waals surface area contributed by atoms with Gasteiger partial charge in [-0.3, -0.25) is 20.4 Å². The second kappa shape index (κ2) is 8.39. The lowest BCUT2D eigenvalue weighted by atomic mass is 10.1. The molecule has 120 valence electrons. The van der Waals surface area contributed by atoms with Gasteiger partial charge in [-0.2, -0.15) is 0 Å². The molecule has 0 heterocycles. The van der Waals surface area contributed by atoms with E-state index in [1.54, 1.807) is 24.3 Å². The molecule has 0 saturated heterocycles. The van der Waals surface area contributed by atoms with E-state index in [0.717, 1.165) is 5.75 Å². The summed E-state index contributed by atoms with van der Waals surface area (Å²) in [5, 5.41) is -0.259. The molecule has 2 aromatic carbocycles. The maximum absolute atomic E-state index is 12.0. The van der Waals surface area contributed by atoms with Gasteiger partial charge in [0, 0.05) is 11.3 Å². The summed E-state index contributed by atoms with van der Waals surface area (Å²) in [5.74, 6) is 0.219. The van der Waals surface area contributed by atoms with Gasteiger partial charge in [0.25, 0.3) is 11.8 Å². The molecule has 0 fully saturated rings. The van der Waals surface area contributed by atoms with Gasteiger partial charge in [-0.25, -0.2) is 0 Å². The van der Waals surface area contributed by atoms with E-state index < -0.39 is 0 Å². The van der Waals surface area contributed by atoms with Crippen LogP contribution in [0.4, 0.5) is 0 Å². The van der Waals surface area contributed by atoms with E-state index >= 15 is 0 Å². The lowest BCUT2D eigenvalue weighted by Gasteiger charge is -2.13. The van der Waals surface area contributed by atoms with Crippen molar-refractivity contribution in [1.29, 1.82) is 0 Å². The van der Waals surface area contributed by atoms with Gasteiger partial charge in [-0.1, -0.05) is 42.5 Å². The summed E-state index contributed by atoms with van der Waals surface area (Å²) >= 11 is 1.54. The smallest absolute Gasteiger partial charge is 0.269 e. The average Bonchev–Trinajstić information content (AvgIpc) is 2.59. The molecule has 2 rings (SSSR count). The molecule has 0 bridgehead atoms. The van der Waals surface area contributed by atoms with Crippen molar-refractivity contribution >= 4 is 23.6 Å². The third-order valence-corrected chi connectivity index (χ3v) is 4.65. The highest BCUT2D eigenvalue weighted by Gasteiger charge is 2.15. The summed E-state index contributed by atoms with van der Waals surface area (Å²) in [7, 11) is 0. The van der Waals surface area contributed by atoms with Crippen molar-refractivity contribution in [1.82, 2.24) is 10.9 Å². The maximum Gasteiger partial charge on any atom is 0.269 e. The van der Waals surface area contributed by atoms with E-state index in [2.05, 4.69) is 29.9 Å². The van der Waals surface area contributed by atoms with E-state index in [4.69, 9.17) is 0 Å². The Kier molecular flexibility index (Phi) is 6.23. The minimum absolute atomic E-state index is 0.215. The number of rotatable bonds is 5. The van der Waals surface area contributed by atoms with Gasteiger partial charge < -0.3 is 0 Å². The second-order valence-corrected chi connectivity index (χ2v) is 6.52.